The van der Waals surface area contributed by atoms with Gasteiger partial charge in [0.25, 0.3) is 0 Å². The average Bonchev–Trinajstić information content (AvgIpc) is 3.76. The number of methoxy groups -OCH3 is 4. The van der Waals surface area contributed by atoms with E-state index in [0.29, 0.717) is 85.0 Å². The molecule has 1 unspecified atom stereocenters. The molecule has 2 heterocycles. The Morgan fingerprint density at radius 2 is 1.45 bits per heavy atom. The van der Waals surface area contributed by atoms with Gasteiger partial charge in [-0.3, -0.25) is 0 Å². The molecule has 15 nitrogen and oxygen atoms in total. The number of nitrogens with zero attached hydrogens (tertiary/aromatic N) is 6. The van der Waals surface area contributed by atoms with Crippen LogP contribution >= 0.6 is 0 Å². The van der Waals surface area contributed by atoms with Gasteiger partial charge in [0.15, 0.2) is 11.5 Å². The lowest BCUT2D eigenvalue weighted by molar-refractivity contribution is 0.0297. The lowest BCUT2D eigenvalue weighted by atomic mass is 10.0. The lowest BCUT2D eigenvalue weighted by Crippen LogP contribution is -2.34. The van der Waals surface area contributed by atoms with Gasteiger partial charge in [-0.25, -0.2) is 14.3 Å². The van der Waals surface area contributed by atoms with Crippen molar-refractivity contribution in [2.24, 2.45) is 0 Å². The smallest absolute Gasteiger partial charge is 0.410 e. The second kappa shape index (κ2) is 23.7. The number of ether oxygens (including phenoxy) is 7. The van der Waals surface area contributed by atoms with Gasteiger partial charge in [0, 0.05) is 56.4 Å². The molecule has 67 heavy (non-hydrogen) atoms. The number of anilines is 1. The second-order valence-corrected chi connectivity index (χ2v) is 17.4. The van der Waals surface area contributed by atoms with Crippen LogP contribution in [0.25, 0.3) is 5.65 Å². The molecular weight excluding hydrogens is 853 g/mol. The summed E-state index contributed by atoms with van der Waals surface area (Å²) >= 11 is 0. The largest absolute Gasteiger partial charge is 0.497 e. The molecular formula is C52H66N6O9. The molecule has 15 heteroatoms. The third-order valence-electron chi connectivity index (χ3n) is 11.2. The fraction of sp³-hybridized carbons (Fsp3) is 0.423. The normalized spacial score (nSPS) is 12.3. The van der Waals surface area contributed by atoms with E-state index in [9.17, 15) is 9.90 Å². The van der Waals surface area contributed by atoms with Crippen LogP contribution in [0, 0.1) is 0 Å². The zero-order chi connectivity index (χ0) is 47.9. The van der Waals surface area contributed by atoms with Crippen molar-refractivity contribution in [1.29, 1.82) is 0 Å². The van der Waals surface area contributed by atoms with E-state index in [1.54, 1.807) is 51.1 Å². The summed E-state index contributed by atoms with van der Waals surface area (Å²) in [5.41, 5.74) is 4.82. The third kappa shape index (κ3) is 13.7. The highest BCUT2D eigenvalue weighted by atomic mass is 16.6. The maximum absolute atomic E-state index is 12.5. The Morgan fingerprint density at radius 1 is 0.806 bits per heavy atom. The van der Waals surface area contributed by atoms with Gasteiger partial charge in [0.1, 0.15) is 40.8 Å². The highest BCUT2D eigenvalue weighted by Gasteiger charge is 2.27. The van der Waals surface area contributed by atoms with Gasteiger partial charge in [-0.05, 0) is 81.0 Å². The predicted molar refractivity (Wildman–Crippen MR) is 257 cm³/mol. The van der Waals surface area contributed by atoms with Gasteiger partial charge in [-0.2, -0.15) is 4.98 Å². The molecule has 0 aliphatic carbocycles. The summed E-state index contributed by atoms with van der Waals surface area (Å²) < 4.78 is 42.7. The van der Waals surface area contributed by atoms with Crippen molar-refractivity contribution in [3.05, 3.63) is 131 Å². The van der Waals surface area contributed by atoms with Crippen molar-refractivity contribution in [1.82, 2.24) is 24.5 Å². The van der Waals surface area contributed by atoms with Crippen LogP contribution in [-0.2, 0) is 35.6 Å². The Bertz CT molecular complexity index is 2440. The van der Waals surface area contributed by atoms with Crippen LogP contribution in [0.4, 0.5) is 10.6 Å². The van der Waals surface area contributed by atoms with Crippen LogP contribution in [0.3, 0.4) is 0 Å². The number of hydrogen-bond acceptors (Lipinski definition) is 13. The van der Waals surface area contributed by atoms with Crippen LogP contribution in [-0.4, -0.2) is 96.0 Å². The molecule has 4 aromatic carbocycles. The molecule has 0 spiro atoms. The number of imidazole rings is 1. The number of aliphatic hydroxyl groups is 1. The molecule has 0 saturated heterocycles. The predicted octanol–water partition coefficient (Wildman–Crippen LogP) is 9.40. The van der Waals surface area contributed by atoms with Gasteiger partial charge in [0.2, 0.25) is 0 Å². The van der Waals surface area contributed by atoms with Gasteiger partial charge in [0.05, 0.1) is 53.5 Å². The van der Waals surface area contributed by atoms with Crippen LogP contribution in [0.2, 0.25) is 0 Å². The minimum Gasteiger partial charge on any atom is -0.497 e. The Kier molecular flexibility index (Phi) is 17.7. The Balaban J connectivity index is 1.36. The van der Waals surface area contributed by atoms with Crippen molar-refractivity contribution < 1.29 is 43.1 Å². The SMILES string of the molecule is CCC[C@H](CCOCc1ccccc1)Oc1nc(N(Cc2ccc(OC)cc2OC)Cc2ccc(OC)cc2OC)c2ncc(C(O)c3ccc(CCCN(C)C(=O)OC(C)(C)C)cc3)n2n1. The van der Waals surface area contributed by atoms with Gasteiger partial charge >= 0.3 is 12.1 Å². The van der Waals surface area contributed by atoms with Crippen molar-refractivity contribution in [3.63, 3.8) is 0 Å². The average molecular weight is 919 g/mol. The monoisotopic (exact) mass is 918 g/mol. The Labute approximate surface area is 394 Å². The highest BCUT2D eigenvalue weighted by Crippen LogP contribution is 2.34. The van der Waals surface area contributed by atoms with Gasteiger partial charge < -0.3 is 48.1 Å². The van der Waals surface area contributed by atoms with Crippen LogP contribution in [0.1, 0.15) is 93.0 Å². The first-order valence-corrected chi connectivity index (χ1v) is 22.7. The minimum atomic E-state index is -1.10. The summed E-state index contributed by atoms with van der Waals surface area (Å²) in [7, 11) is 8.23. The topological polar surface area (TPSA) is 151 Å². The standard InChI is InChI=1S/C52H66N6O9/c1-10-15-41(27-29-65-35-37-16-12-11-13-17-37)66-50-54-49(57(33-39-23-25-42(61-6)30-45(39)63-8)34-40-24-26-43(62-7)31-46(40)64-9)48-53-32-44(58(48)55-50)47(59)38-21-19-36(20-22-38)18-14-28-56(5)51(60)67-52(2,3)4/h11-13,16-17,19-26,30-32,41,47,59H,10,14-15,18,27-29,33-35H2,1-9H3/t41-,47?/m1/s1. The number of carbonyl (C=O) groups is 1. The van der Waals surface area contributed by atoms with E-state index in [4.69, 9.17) is 48.2 Å². The van der Waals surface area contributed by atoms with Crippen LogP contribution in [0.5, 0.6) is 29.0 Å². The highest BCUT2D eigenvalue weighted by molar-refractivity contribution is 5.68. The van der Waals surface area contributed by atoms with E-state index in [-0.39, 0.29) is 18.2 Å². The van der Waals surface area contributed by atoms with Crippen molar-refractivity contribution in [2.45, 2.75) is 97.3 Å². The van der Waals surface area contributed by atoms with Crippen molar-refractivity contribution in [2.75, 3.05) is 53.5 Å². The van der Waals surface area contributed by atoms with E-state index in [2.05, 4.69) is 11.8 Å². The van der Waals surface area contributed by atoms with Gasteiger partial charge in [-0.1, -0.05) is 67.9 Å². The molecule has 358 valence electrons. The number of rotatable bonds is 24. The molecule has 0 radical (unpaired) electrons. The summed E-state index contributed by atoms with van der Waals surface area (Å²) in [6.45, 7) is 9.82. The molecule has 6 aromatic rings. The summed E-state index contributed by atoms with van der Waals surface area (Å²) in [6, 6.07) is 29.4. The number of aryl methyl sites for hydroxylation is 1. The summed E-state index contributed by atoms with van der Waals surface area (Å²) in [6.07, 6.45) is 3.60. The van der Waals surface area contributed by atoms with Crippen LogP contribution < -0.4 is 28.6 Å². The lowest BCUT2D eigenvalue weighted by Gasteiger charge is -2.27. The molecule has 2 atom stereocenters. The molecule has 1 N–H and O–H groups in total. The number of aliphatic hydroxyl groups excluding tert-OH is 1. The third-order valence-corrected chi connectivity index (χ3v) is 11.2. The van der Waals surface area contributed by atoms with E-state index < -0.39 is 11.7 Å². The van der Waals surface area contributed by atoms with E-state index >= 15 is 0 Å². The van der Waals surface area contributed by atoms with Crippen LogP contribution in [0.15, 0.2) is 97.2 Å². The number of aromatic nitrogens is 4. The van der Waals surface area contributed by atoms with Crippen molar-refractivity contribution in [3.8, 4) is 29.0 Å². The number of hydrogen-bond donors (Lipinski definition) is 1. The molecule has 0 fully saturated rings. The first-order chi connectivity index (χ1) is 32.3. The molecule has 0 aliphatic heterocycles. The number of carbonyl (C=O) groups excluding carboxylic acids is 1. The molecule has 0 saturated carbocycles. The first-order valence-electron chi connectivity index (χ1n) is 22.7. The molecule has 6 rings (SSSR count). The fourth-order valence-electron chi connectivity index (χ4n) is 7.60. The number of benzene rings is 4. The molecule has 0 aliphatic rings. The number of amides is 1. The van der Waals surface area contributed by atoms with E-state index in [1.165, 1.54) is 0 Å². The Morgan fingerprint density at radius 3 is 2.03 bits per heavy atom. The first kappa shape index (κ1) is 49.8. The fourth-order valence-corrected chi connectivity index (χ4v) is 7.60. The summed E-state index contributed by atoms with van der Waals surface area (Å²) in [5, 5.41) is 17.0. The Hall–Kier alpha value is -6.58. The molecule has 0 bridgehead atoms. The van der Waals surface area contributed by atoms with Crippen molar-refractivity contribution >= 4 is 17.6 Å². The maximum atomic E-state index is 12.5. The molecule has 1 amide bonds. The maximum Gasteiger partial charge on any atom is 0.410 e. The zero-order valence-corrected chi connectivity index (χ0v) is 40.4. The van der Waals surface area contributed by atoms with E-state index in [1.807, 2.05) is 112 Å². The summed E-state index contributed by atoms with van der Waals surface area (Å²) in [5.74, 6) is 3.03. The number of fused-ring (bicyclic) bond motifs is 1. The minimum absolute atomic E-state index is 0.121. The van der Waals surface area contributed by atoms with Gasteiger partial charge in [-0.15, -0.1) is 5.10 Å². The quantitative estimate of drug-likeness (QED) is 0.0575. The molecule has 2 aromatic heterocycles. The van der Waals surface area contributed by atoms with E-state index in [0.717, 1.165) is 47.9 Å². The zero-order valence-electron chi connectivity index (χ0n) is 40.4. The summed E-state index contributed by atoms with van der Waals surface area (Å²) in [4.78, 5) is 26.1. The second-order valence-electron chi connectivity index (χ2n) is 17.4.